The van der Waals surface area contributed by atoms with E-state index >= 15 is 0 Å². The summed E-state index contributed by atoms with van der Waals surface area (Å²) in [5.41, 5.74) is 6.55. The van der Waals surface area contributed by atoms with Gasteiger partial charge in [-0.25, -0.2) is 4.98 Å². The van der Waals surface area contributed by atoms with Crippen molar-refractivity contribution in [2.75, 3.05) is 13.7 Å². The molecule has 5 heteroatoms. The van der Waals surface area contributed by atoms with Crippen molar-refractivity contribution in [1.82, 2.24) is 10.3 Å². The Kier molecular flexibility index (Phi) is 5.58. The Balaban J connectivity index is 2.56. The summed E-state index contributed by atoms with van der Waals surface area (Å²) < 4.78 is 5.02. The number of carbonyl (C=O) groups is 1. The van der Waals surface area contributed by atoms with Crippen molar-refractivity contribution in [1.29, 1.82) is 0 Å². The number of hydrogen-bond donors (Lipinski definition) is 2. The van der Waals surface area contributed by atoms with E-state index in [2.05, 4.69) is 10.3 Å². The van der Waals surface area contributed by atoms with Gasteiger partial charge in [-0.2, -0.15) is 0 Å². The van der Waals surface area contributed by atoms with Crippen molar-refractivity contribution in [3.8, 4) is 5.88 Å². The SMILES string of the molecule is COc1cc(CNC(=O)C(CN)C(C)C)ccn1. The van der Waals surface area contributed by atoms with Gasteiger partial charge in [0.2, 0.25) is 11.8 Å². The second-order valence-electron chi connectivity index (χ2n) is 4.51. The van der Waals surface area contributed by atoms with Crippen molar-refractivity contribution in [3.63, 3.8) is 0 Å². The monoisotopic (exact) mass is 251 g/mol. The van der Waals surface area contributed by atoms with Crippen molar-refractivity contribution in [2.24, 2.45) is 17.6 Å². The van der Waals surface area contributed by atoms with Crippen LogP contribution in [0.25, 0.3) is 0 Å². The number of nitrogens with zero attached hydrogens (tertiary/aromatic N) is 1. The molecule has 1 aromatic rings. The predicted molar refractivity (Wildman–Crippen MR) is 70.0 cm³/mol. The van der Waals surface area contributed by atoms with Crippen LogP contribution in [0.15, 0.2) is 18.3 Å². The molecular formula is C13H21N3O2. The van der Waals surface area contributed by atoms with Gasteiger partial charge in [0.1, 0.15) is 0 Å². The summed E-state index contributed by atoms with van der Waals surface area (Å²) in [6.07, 6.45) is 1.66. The van der Waals surface area contributed by atoms with Crippen LogP contribution >= 0.6 is 0 Å². The van der Waals surface area contributed by atoms with Gasteiger partial charge in [0, 0.05) is 25.4 Å². The molecule has 1 rings (SSSR count). The summed E-state index contributed by atoms with van der Waals surface area (Å²) >= 11 is 0. The van der Waals surface area contributed by atoms with Crippen LogP contribution in [-0.4, -0.2) is 24.5 Å². The van der Waals surface area contributed by atoms with E-state index in [0.29, 0.717) is 19.0 Å². The standard InChI is InChI=1S/C13H21N3O2/c1-9(2)11(7-14)13(17)16-8-10-4-5-15-12(6-10)18-3/h4-6,9,11H,7-8,14H2,1-3H3,(H,16,17). The average molecular weight is 251 g/mol. The summed E-state index contributed by atoms with van der Waals surface area (Å²) in [5.74, 6) is 0.625. The molecule has 5 nitrogen and oxygen atoms in total. The smallest absolute Gasteiger partial charge is 0.224 e. The minimum atomic E-state index is -0.145. The number of amides is 1. The number of hydrogen-bond acceptors (Lipinski definition) is 4. The molecule has 0 saturated carbocycles. The van der Waals surface area contributed by atoms with Crippen LogP contribution in [0.5, 0.6) is 5.88 Å². The highest BCUT2D eigenvalue weighted by atomic mass is 16.5. The molecule has 1 unspecified atom stereocenters. The summed E-state index contributed by atoms with van der Waals surface area (Å²) in [6, 6.07) is 3.64. The van der Waals surface area contributed by atoms with Crippen LogP contribution in [0.1, 0.15) is 19.4 Å². The van der Waals surface area contributed by atoms with Crippen molar-refractivity contribution < 1.29 is 9.53 Å². The zero-order chi connectivity index (χ0) is 13.5. The fourth-order valence-corrected chi connectivity index (χ4v) is 1.67. The van der Waals surface area contributed by atoms with E-state index in [0.717, 1.165) is 5.56 Å². The number of pyridine rings is 1. The third-order valence-corrected chi connectivity index (χ3v) is 2.87. The minimum Gasteiger partial charge on any atom is -0.481 e. The first-order valence-corrected chi connectivity index (χ1v) is 6.05. The lowest BCUT2D eigenvalue weighted by molar-refractivity contribution is -0.126. The highest BCUT2D eigenvalue weighted by Crippen LogP contribution is 2.11. The van der Waals surface area contributed by atoms with Gasteiger partial charge in [0.15, 0.2) is 0 Å². The summed E-state index contributed by atoms with van der Waals surface area (Å²) in [6.45, 7) is 4.81. The molecule has 18 heavy (non-hydrogen) atoms. The molecule has 3 N–H and O–H groups in total. The molecule has 0 aromatic carbocycles. The van der Waals surface area contributed by atoms with Gasteiger partial charge in [0.05, 0.1) is 13.0 Å². The number of rotatable bonds is 6. The summed E-state index contributed by atoms with van der Waals surface area (Å²) in [5, 5.41) is 2.88. The maximum Gasteiger partial charge on any atom is 0.224 e. The molecule has 0 aliphatic rings. The zero-order valence-electron chi connectivity index (χ0n) is 11.1. The van der Waals surface area contributed by atoms with Gasteiger partial charge < -0.3 is 15.8 Å². The molecule has 0 aliphatic carbocycles. The lowest BCUT2D eigenvalue weighted by Gasteiger charge is -2.18. The second-order valence-corrected chi connectivity index (χ2v) is 4.51. The Bertz CT molecular complexity index is 394. The van der Waals surface area contributed by atoms with Crippen LogP contribution in [0, 0.1) is 11.8 Å². The molecule has 1 heterocycles. The van der Waals surface area contributed by atoms with Crippen molar-refractivity contribution >= 4 is 5.91 Å². The molecule has 1 amide bonds. The molecule has 0 aliphatic heterocycles. The molecule has 0 spiro atoms. The minimum absolute atomic E-state index is 0.0109. The molecular weight excluding hydrogens is 230 g/mol. The van der Waals surface area contributed by atoms with E-state index in [1.807, 2.05) is 19.9 Å². The summed E-state index contributed by atoms with van der Waals surface area (Å²) in [4.78, 5) is 15.9. The average Bonchev–Trinajstić information content (AvgIpc) is 2.37. The van der Waals surface area contributed by atoms with E-state index in [-0.39, 0.29) is 17.7 Å². The Morgan fingerprint density at radius 2 is 2.28 bits per heavy atom. The van der Waals surface area contributed by atoms with Crippen molar-refractivity contribution in [2.45, 2.75) is 20.4 Å². The number of aromatic nitrogens is 1. The maximum absolute atomic E-state index is 11.9. The first kappa shape index (κ1) is 14.4. The van der Waals surface area contributed by atoms with Crippen LogP contribution in [0.2, 0.25) is 0 Å². The topological polar surface area (TPSA) is 77.2 Å². The third-order valence-electron chi connectivity index (χ3n) is 2.87. The first-order valence-electron chi connectivity index (χ1n) is 6.05. The Morgan fingerprint density at radius 3 is 2.83 bits per heavy atom. The fraction of sp³-hybridized carbons (Fsp3) is 0.538. The van der Waals surface area contributed by atoms with E-state index in [1.54, 1.807) is 19.4 Å². The Labute approximate surface area is 108 Å². The highest BCUT2D eigenvalue weighted by Gasteiger charge is 2.19. The van der Waals surface area contributed by atoms with Crippen molar-refractivity contribution in [3.05, 3.63) is 23.9 Å². The summed E-state index contributed by atoms with van der Waals surface area (Å²) in [7, 11) is 1.56. The van der Waals surface area contributed by atoms with Crippen LogP contribution in [-0.2, 0) is 11.3 Å². The predicted octanol–water partition coefficient (Wildman–Crippen LogP) is 0.937. The molecule has 100 valence electrons. The van der Waals surface area contributed by atoms with E-state index in [9.17, 15) is 4.79 Å². The third kappa shape index (κ3) is 4.00. The molecule has 0 saturated heterocycles. The van der Waals surface area contributed by atoms with Crippen LogP contribution < -0.4 is 15.8 Å². The number of carbonyl (C=O) groups excluding carboxylic acids is 1. The molecule has 0 bridgehead atoms. The van der Waals surface area contributed by atoms with Crippen LogP contribution in [0.4, 0.5) is 0 Å². The number of ether oxygens (including phenoxy) is 1. The van der Waals surface area contributed by atoms with Gasteiger partial charge in [-0.15, -0.1) is 0 Å². The second kappa shape index (κ2) is 6.96. The zero-order valence-corrected chi connectivity index (χ0v) is 11.1. The normalized spacial score (nSPS) is 12.3. The van der Waals surface area contributed by atoms with E-state index in [1.165, 1.54) is 0 Å². The van der Waals surface area contributed by atoms with Crippen LogP contribution in [0.3, 0.4) is 0 Å². The van der Waals surface area contributed by atoms with Gasteiger partial charge in [0.25, 0.3) is 0 Å². The number of methoxy groups -OCH3 is 1. The lowest BCUT2D eigenvalue weighted by atomic mass is 9.95. The van der Waals surface area contributed by atoms with Gasteiger partial charge in [-0.05, 0) is 17.5 Å². The van der Waals surface area contributed by atoms with Gasteiger partial charge in [-0.3, -0.25) is 4.79 Å². The maximum atomic E-state index is 11.9. The van der Waals surface area contributed by atoms with E-state index in [4.69, 9.17) is 10.5 Å². The number of nitrogens with two attached hydrogens (primary N) is 1. The van der Waals surface area contributed by atoms with E-state index < -0.39 is 0 Å². The Hall–Kier alpha value is -1.62. The van der Waals surface area contributed by atoms with Gasteiger partial charge in [-0.1, -0.05) is 13.8 Å². The number of nitrogens with one attached hydrogen (secondary N) is 1. The molecule has 0 fully saturated rings. The fourth-order valence-electron chi connectivity index (χ4n) is 1.67. The van der Waals surface area contributed by atoms with Gasteiger partial charge >= 0.3 is 0 Å². The first-order chi connectivity index (χ1) is 8.58. The molecule has 1 atom stereocenters. The quantitative estimate of drug-likeness (QED) is 0.788. The highest BCUT2D eigenvalue weighted by molar-refractivity contribution is 5.79. The lowest BCUT2D eigenvalue weighted by Crippen LogP contribution is -2.37. The Morgan fingerprint density at radius 1 is 1.56 bits per heavy atom. The molecule has 1 aromatic heterocycles. The molecule has 0 radical (unpaired) electrons. The largest absolute Gasteiger partial charge is 0.481 e.